The highest BCUT2D eigenvalue weighted by Gasteiger charge is 1.90. The molecular weight excluding hydrogens is 279 g/mol. The maximum absolute atomic E-state index is 5.70. The Kier molecular flexibility index (Phi) is 3.88. The van der Waals surface area contributed by atoms with Gasteiger partial charge in [-0.05, 0) is 38.9 Å². The van der Waals surface area contributed by atoms with E-state index in [1.54, 1.807) is 8.93 Å². The molecule has 0 fully saturated rings. The summed E-state index contributed by atoms with van der Waals surface area (Å²) in [5.74, 6) is 1.05. The first-order chi connectivity index (χ1) is 4.83. The van der Waals surface area contributed by atoms with Gasteiger partial charge in [-0.15, -0.1) is 0 Å². The van der Waals surface area contributed by atoms with Crippen molar-refractivity contribution in [3.05, 3.63) is 34.9 Å². The minimum Gasteiger partial charge on any atom is -0.0846 e. The molecule has 0 amide bonds. The zero-order valence-corrected chi connectivity index (χ0v) is 8.91. The third kappa shape index (κ3) is 2.68. The highest BCUT2D eigenvalue weighted by atomic mass is 127. The average molecular weight is 285 g/mol. The van der Waals surface area contributed by atoms with Crippen LogP contribution in [-0.2, 0) is 5.75 Å². The third-order valence-electron chi connectivity index (χ3n) is 1.13. The van der Waals surface area contributed by atoms with E-state index >= 15 is 0 Å². The van der Waals surface area contributed by atoms with Crippen molar-refractivity contribution in [2.75, 3.05) is 0 Å². The lowest BCUT2D eigenvalue weighted by Gasteiger charge is -1.95. The van der Waals surface area contributed by atoms with Crippen LogP contribution in [0.4, 0.5) is 0 Å². The molecule has 0 saturated heterocycles. The smallest absolute Gasteiger partial charge is 0.0406 e. The Bertz CT molecular complexity index is 197. The first kappa shape index (κ1) is 8.68. The molecule has 54 valence electrons. The van der Waals surface area contributed by atoms with Crippen molar-refractivity contribution in [2.24, 2.45) is 0 Å². The van der Waals surface area contributed by atoms with Crippen LogP contribution >= 0.6 is 41.7 Å². The van der Waals surface area contributed by atoms with E-state index in [1.165, 1.54) is 5.56 Å². The summed E-state index contributed by atoms with van der Waals surface area (Å²) < 4.78 is 0. The highest BCUT2D eigenvalue weighted by molar-refractivity contribution is 14.2. The Morgan fingerprint density at radius 3 is 2.40 bits per heavy atom. The molecule has 0 aliphatic rings. The summed E-state index contributed by atoms with van der Waals surface area (Å²) in [5.41, 5.74) is 1.32. The predicted molar refractivity (Wildman–Crippen MR) is 56.8 cm³/mol. The zero-order valence-electron chi connectivity index (χ0n) is 5.18. The minimum atomic E-state index is 0.808. The van der Waals surface area contributed by atoms with Crippen LogP contribution in [0.2, 0.25) is 5.02 Å². The van der Waals surface area contributed by atoms with E-state index < -0.39 is 0 Å². The summed E-state index contributed by atoms with van der Waals surface area (Å²) in [5, 5.41) is 0.808. The third-order valence-corrected chi connectivity index (χ3v) is 2.76. The van der Waals surface area contributed by atoms with Crippen LogP contribution in [0.25, 0.3) is 0 Å². The number of rotatable bonds is 2. The van der Waals surface area contributed by atoms with Crippen LogP contribution in [0.5, 0.6) is 0 Å². The van der Waals surface area contributed by atoms with E-state index in [1.807, 2.05) is 24.3 Å². The van der Waals surface area contributed by atoms with Crippen molar-refractivity contribution in [2.45, 2.75) is 5.75 Å². The van der Waals surface area contributed by atoms with Gasteiger partial charge in [-0.3, -0.25) is 0 Å². The topological polar surface area (TPSA) is 0 Å². The molecule has 0 nitrogen and oxygen atoms in total. The lowest BCUT2D eigenvalue weighted by Crippen LogP contribution is -1.74. The van der Waals surface area contributed by atoms with Crippen molar-refractivity contribution < 1.29 is 0 Å². The predicted octanol–water partition coefficient (Wildman–Crippen LogP) is 3.92. The van der Waals surface area contributed by atoms with Crippen molar-refractivity contribution in [3.8, 4) is 0 Å². The van der Waals surface area contributed by atoms with Gasteiger partial charge >= 0.3 is 0 Å². The van der Waals surface area contributed by atoms with Crippen LogP contribution in [0, 0.1) is 0 Å². The van der Waals surface area contributed by atoms with Gasteiger partial charge in [0.25, 0.3) is 0 Å². The molecule has 0 atom stereocenters. The second-order valence-electron chi connectivity index (χ2n) is 1.88. The van der Waals surface area contributed by atoms with Gasteiger partial charge in [-0.1, -0.05) is 32.7 Å². The average Bonchev–Trinajstić information content (AvgIpc) is 1.95. The molecule has 1 rings (SSSR count). The normalized spacial score (nSPS) is 9.80. The molecule has 0 aliphatic heterocycles. The van der Waals surface area contributed by atoms with E-state index in [-0.39, 0.29) is 0 Å². The number of hydrogen-bond donors (Lipinski definition) is 0. The lowest BCUT2D eigenvalue weighted by atomic mass is 10.2. The molecule has 0 aliphatic carbocycles. The van der Waals surface area contributed by atoms with Crippen LogP contribution in [0.15, 0.2) is 24.3 Å². The molecule has 0 aromatic heterocycles. The SMILES string of the molecule is Clc1ccc(CSI)cc1. The van der Waals surface area contributed by atoms with E-state index in [0.29, 0.717) is 0 Å². The van der Waals surface area contributed by atoms with Gasteiger partial charge in [0.05, 0.1) is 0 Å². The van der Waals surface area contributed by atoms with Crippen molar-refractivity contribution in [1.82, 2.24) is 0 Å². The molecule has 1 aromatic rings. The first-order valence-electron chi connectivity index (χ1n) is 2.81. The van der Waals surface area contributed by atoms with Crippen molar-refractivity contribution in [1.29, 1.82) is 0 Å². The minimum absolute atomic E-state index is 0.808. The summed E-state index contributed by atoms with van der Waals surface area (Å²) in [7, 11) is 1.79. The quantitative estimate of drug-likeness (QED) is 0.742. The maximum atomic E-state index is 5.70. The molecule has 10 heavy (non-hydrogen) atoms. The van der Waals surface area contributed by atoms with Gasteiger partial charge in [0, 0.05) is 10.8 Å². The molecule has 0 radical (unpaired) electrons. The molecule has 0 heterocycles. The van der Waals surface area contributed by atoms with E-state index in [9.17, 15) is 0 Å². The summed E-state index contributed by atoms with van der Waals surface area (Å²) >= 11 is 7.99. The summed E-state index contributed by atoms with van der Waals surface area (Å²) in [6.07, 6.45) is 0. The van der Waals surface area contributed by atoms with Gasteiger partial charge in [-0.2, -0.15) is 0 Å². The Morgan fingerprint density at radius 1 is 1.30 bits per heavy atom. The summed E-state index contributed by atoms with van der Waals surface area (Å²) in [6, 6.07) is 7.94. The molecular formula is C7H6ClIS. The summed E-state index contributed by atoms with van der Waals surface area (Å²) in [6.45, 7) is 0. The Balaban J connectivity index is 2.69. The fraction of sp³-hybridized carbons (Fsp3) is 0.143. The Morgan fingerprint density at radius 2 is 1.90 bits per heavy atom. The van der Waals surface area contributed by atoms with Gasteiger partial charge in [0.1, 0.15) is 0 Å². The molecule has 1 aromatic carbocycles. The number of halogens is 2. The van der Waals surface area contributed by atoms with Crippen molar-refractivity contribution in [3.63, 3.8) is 0 Å². The molecule has 0 saturated carbocycles. The van der Waals surface area contributed by atoms with Gasteiger partial charge < -0.3 is 0 Å². The molecule has 3 heteroatoms. The van der Waals surface area contributed by atoms with Crippen molar-refractivity contribution >= 4 is 41.7 Å². The largest absolute Gasteiger partial charge is 0.0846 e. The van der Waals surface area contributed by atoms with Crippen LogP contribution in [-0.4, -0.2) is 0 Å². The highest BCUT2D eigenvalue weighted by Crippen LogP contribution is 2.19. The van der Waals surface area contributed by atoms with E-state index in [2.05, 4.69) is 21.2 Å². The Labute approximate surface area is 81.9 Å². The van der Waals surface area contributed by atoms with Gasteiger partial charge in [-0.25, -0.2) is 0 Å². The number of benzene rings is 1. The van der Waals surface area contributed by atoms with Gasteiger partial charge in [0.2, 0.25) is 0 Å². The second-order valence-corrected chi connectivity index (χ2v) is 4.69. The standard InChI is InChI=1S/C7H6ClIS/c8-7-3-1-6(2-4-7)5-10-9/h1-4H,5H2. The van der Waals surface area contributed by atoms with Crippen LogP contribution in [0.1, 0.15) is 5.56 Å². The molecule has 0 N–H and O–H groups in total. The van der Waals surface area contributed by atoms with Crippen LogP contribution < -0.4 is 0 Å². The maximum Gasteiger partial charge on any atom is 0.0406 e. The monoisotopic (exact) mass is 284 g/mol. The lowest BCUT2D eigenvalue weighted by molar-refractivity contribution is 1.43. The first-order valence-corrected chi connectivity index (χ1v) is 6.71. The summed E-state index contributed by atoms with van der Waals surface area (Å²) in [4.78, 5) is 0. The van der Waals surface area contributed by atoms with E-state index in [0.717, 1.165) is 10.8 Å². The van der Waals surface area contributed by atoms with Crippen LogP contribution in [0.3, 0.4) is 0 Å². The fourth-order valence-corrected chi connectivity index (χ4v) is 2.17. The van der Waals surface area contributed by atoms with E-state index in [4.69, 9.17) is 11.6 Å². The Hall–Kier alpha value is 0.590. The molecule has 0 unspecified atom stereocenters. The zero-order chi connectivity index (χ0) is 7.40. The second kappa shape index (κ2) is 4.46. The van der Waals surface area contributed by atoms with Gasteiger partial charge in [0.15, 0.2) is 0 Å². The molecule has 0 spiro atoms. The number of hydrogen-bond acceptors (Lipinski definition) is 1. The fourth-order valence-electron chi connectivity index (χ4n) is 0.644. The molecule has 0 bridgehead atoms.